The van der Waals surface area contributed by atoms with Crippen LogP contribution in [0.4, 0.5) is 0 Å². The van der Waals surface area contributed by atoms with Gasteiger partial charge >= 0.3 is 6.92 Å². The van der Waals surface area contributed by atoms with Crippen LogP contribution in [-0.4, -0.2) is 6.92 Å². The Bertz CT molecular complexity index is 206. The first-order valence-electron chi connectivity index (χ1n) is 4.58. The number of benzene rings is 1. The highest BCUT2D eigenvalue weighted by Crippen LogP contribution is 2.12. The molecule has 0 spiro atoms. The van der Waals surface area contributed by atoms with Crippen LogP contribution >= 0.6 is 0 Å². The molecule has 64 valence electrons. The minimum atomic E-state index is 0.368. The van der Waals surface area contributed by atoms with Gasteiger partial charge in [0.05, 0.1) is 5.75 Å². The summed E-state index contributed by atoms with van der Waals surface area (Å²) in [5.74, 6) is 0.978. The SMILES string of the molecule is CCB(CC)Oc1ccccc1. The molecule has 0 fully saturated rings. The standard InChI is InChI=1S/C10H15BO/c1-3-11(4-2)12-10-8-6-5-7-9-10/h5-9H,3-4H2,1-2H3. The fraction of sp³-hybridized carbons (Fsp3) is 0.400. The van der Waals surface area contributed by atoms with E-state index in [0.29, 0.717) is 6.92 Å². The van der Waals surface area contributed by atoms with E-state index in [1.165, 1.54) is 0 Å². The normalized spacial score (nSPS) is 9.50. The third-order valence-electron chi connectivity index (χ3n) is 1.96. The number of para-hydroxylation sites is 1. The third kappa shape index (κ3) is 2.61. The van der Waals surface area contributed by atoms with Crippen LogP contribution < -0.4 is 4.65 Å². The van der Waals surface area contributed by atoms with E-state index in [4.69, 9.17) is 4.65 Å². The van der Waals surface area contributed by atoms with Crippen molar-refractivity contribution in [3.05, 3.63) is 30.3 Å². The Morgan fingerprint density at radius 2 is 1.67 bits per heavy atom. The minimum absolute atomic E-state index is 0.368. The van der Waals surface area contributed by atoms with Crippen molar-refractivity contribution in [1.29, 1.82) is 0 Å². The van der Waals surface area contributed by atoms with Gasteiger partial charge in [0.25, 0.3) is 0 Å². The number of hydrogen-bond acceptors (Lipinski definition) is 1. The van der Waals surface area contributed by atoms with E-state index in [-0.39, 0.29) is 0 Å². The number of hydrogen-bond donors (Lipinski definition) is 0. The molecule has 0 atom stereocenters. The Morgan fingerprint density at radius 1 is 1.08 bits per heavy atom. The Morgan fingerprint density at radius 3 is 2.17 bits per heavy atom. The summed E-state index contributed by atoms with van der Waals surface area (Å²) < 4.78 is 5.71. The van der Waals surface area contributed by atoms with Gasteiger partial charge in [-0.25, -0.2) is 0 Å². The molecule has 0 unspecified atom stereocenters. The zero-order chi connectivity index (χ0) is 8.81. The molecule has 0 aliphatic carbocycles. The molecule has 0 bridgehead atoms. The first kappa shape index (κ1) is 9.18. The first-order valence-corrected chi connectivity index (χ1v) is 4.58. The summed E-state index contributed by atoms with van der Waals surface area (Å²) in [5.41, 5.74) is 0. The Hall–Kier alpha value is -0.915. The van der Waals surface area contributed by atoms with E-state index in [0.717, 1.165) is 18.4 Å². The maximum absolute atomic E-state index is 5.71. The second-order valence-corrected chi connectivity index (χ2v) is 2.87. The van der Waals surface area contributed by atoms with Gasteiger partial charge in [0.15, 0.2) is 0 Å². The fourth-order valence-electron chi connectivity index (χ4n) is 1.15. The van der Waals surface area contributed by atoms with Crippen molar-refractivity contribution in [2.45, 2.75) is 26.5 Å². The van der Waals surface area contributed by atoms with Crippen LogP contribution in [0.2, 0.25) is 12.6 Å². The highest BCUT2D eigenvalue weighted by Gasteiger charge is 2.10. The molecule has 0 saturated carbocycles. The van der Waals surface area contributed by atoms with Crippen LogP contribution in [0, 0.1) is 0 Å². The summed E-state index contributed by atoms with van der Waals surface area (Å²) in [4.78, 5) is 0. The molecule has 0 heterocycles. The zero-order valence-corrected chi connectivity index (χ0v) is 7.79. The van der Waals surface area contributed by atoms with E-state index in [2.05, 4.69) is 13.8 Å². The Kier molecular flexibility index (Phi) is 3.72. The van der Waals surface area contributed by atoms with E-state index < -0.39 is 0 Å². The van der Waals surface area contributed by atoms with Crippen LogP contribution in [0.25, 0.3) is 0 Å². The van der Waals surface area contributed by atoms with Crippen molar-refractivity contribution < 1.29 is 4.65 Å². The molecule has 0 radical (unpaired) electrons. The second kappa shape index (κ2) is 4.86. The highest BCUT2D eigenvalue weighted by atomic mass is 16.4. The maximum Gasteiger partial charge on any atom is 0.357 e. The molecule has 1 aromatic rings. The molecule has 0 aromatic heterocycles. The molecule has 0 N–H and O–H groups in total. The van der Waals surface area contributed by atoms with E-state index in [9.17, 15) is 0 Å². The number of rotatable bonds is 4. The summed E-state index contributed by atoms with van der Waals surface area (Å²) in [6.07, 6.45) is 2.15. The average Bonchev–Trinajstić information content (AvgIpc) is 2.16. The third-order valence-corrected chi connectivity index (χ3v) is 1.96. The van der Waals surface area contributed by atoms with Gasteiger partial charge in [0.2, 0.25) is 0 Å². The molecule has 12 heavy (non-hydrogen) atoms. The molecule has 0 aliphatic rings. The van der Waals surface area contributed by atoms with Gasteiger partial charge in [-0.3, -0.25) is 0 Å². The van der Waals surface area contributed by atoms with Crippen molar-refractivity contribution in [1.82, 2.24) is 0 Å². The topological polar surface area (TPSA) is 9.23 Å². The van der Waals surface area contributed by atoms with Crippen LogP contribution in [-0.2, 0) is 0 Å². The molecule has 1 aromatic carbocycles. The van der Waals surface area contributed by atoms with Gasteiger partial charge in [-0.05, 0) is 24.8 Å². The summed E-state index contributed by atoms with van der Waals surface area (Å²) in [7, 11) is 0. The molecule has 1 rings (SSSR count). The van der Waals surface area contributed by atoms with Crippen molar-refractivity contribution in [3.63, 3.8) is 0 Å². The highest BCUT2D eigenvalue weighted by molar-refractivity contribution is 6.52. The molecule has 1 nitrogen and oxygen atoms in total. The van der Waals surface area contributed by atoms with Gasteiger partial charge < -0.3 is 4.65 Å². The Balaban J connectivity index is 2.51. The van der Waals surface area contributed by atoms with Gasteiger partial charge in [-0.15, -0.1) is 0 Å². The van der Waals surface area contributed by atoms with E-state index in [1.807, 2.05) is 30.3 Å². The second-order valence-electron chi connectivity index (χ2n) is 2.87. The van der Waals surface area contributed by atoms with E-state index in [1.54, 1.807) is 0 Å². The fourth-order valence-corrected chi connectivity index (χ4v) is 1.15. The molecular weight excluding hydrogens is 147 g/mol. The van der Waals surface area contributed by atoms with Crippen LogP contribution in [0.1, 0.15) is 13.8 Å². The predicted molar refractivity (Wildman–Crippen MR) is 53.8 cm³/mol. The minimum Gasteiger partial charge on any atom is -0.561 e. The van der Waals surface area contributed by atoms with Crippen molar-refractivity contribution in [2.75, 3.05) is 0 Å². The lowest BCUT2D eigenvalue weighted by molar-refractivity contribution is 0.566. The summed E-state index contributed by atoms with van der Waals surface area (Å²) in [6.45, 7) is 4.67. The van der Waals surface area contributed by atoms with Crippen molar-refractivity contribution in [3.8, 4) is 5.75 Å². The van der Waals surface area contributed by atoms with Gasteiger partial charge in [0.1, 0.15) is 0 Å². The monoisotopic (exact) mass is 162 g/mol. The molecule has 2 heteroatoms. The first-order chi connectivity index (χ1) is 5.86. The van der Waals surface area contributed by atoms with Crippen molar-refractivity contribution >= 4 is 6.92 Å². The smallest absolute Gasteiger partial charge is 0.357 e. The Labute approximate surface area is 74.9 Å². The molecule has 0 saturated heterocycles. The lowest BCUT2D eigenvalue weighted by Gasteiger charge is -2.11. The van der Waals surface area contributed by atoms with Crippen molar-refractivity contribution in [2.24, 2.45) is 0 Å². The van der Waals surface area contributed by atoms with E-state index >= 15 is 0 Å². The summed E-state index contributed by atoms with van der Waals surface area (Å²) in [6, 6.07) is 9.99. The molecule has 0 aliphatic heterocycles. The van der Waals surface area contributed by atoms with Crippen LogP contribution in [0.3, 0.4) is 0 Å². The summed E-state index contributed by atoms with van der Waals surface area (Å²) >= 11 is 0. The largest absolute Gasteiger partial charge is 0.561 e. The molecule has 0 amide bonds. The zero-order valence-electron chi connectivity index (χ0n) is 7.79. The predicted octanol–water partition coefficient (Wildman–Crippen LogP) is 3.10. The summed E-state index contributed by atoms with van der Waals surface area (Å²) in [5, 5.41) is 0. The van der Waals surface area contributed by atoms with Gasteiger partial charge in [-0.1, -0.05) is 32.0 Å². The van der Waals surface area contributed by atoms with Crippen LogP contribution in [0.15, 0.2) is 30.3 Å². The average molecular weight is 162 g/mol. The molecular formula is C10H15BO. The lowest BCUT2D eigenvalue weighted by atomic mass is 9.62. The van der Waals surface area contributed by atoms with Gasteiger partial charge in [-0.2, -0.15) is 0 Å². The quantitative estimate of drug-likeness (QED) is 0.618. The van der Waals surface area contributed by atoms with Crippen LogP contribution in [0.5, 0.6) is 5.75 Å². The maximum atomic E-state index is 5.71. The van der Waals surface area contributed by atoms with Gasteiger partial charge in [0, 0.05) is 0 Å². The lowest BCUT2D eigenvalue weighted by Crippen LogP contribution is -2.18.